The summed E-state index contributed by atoms with van der Waals surface area (Å²) in [5.41, 5.74) is 7.82. The van der Waals surface area contributed by atoms with E-state index < -0.39 is 11.8 Å². The lowest BCUT2D eigenvalue weighted by molar-refractivity contribution is -0.113. The van der Waals surface area contributed by atoms with Gasteiger partial charge in [-0.25, -0.2) is 0 Å². The van der Waals surface area contributed by atoms with Gasteiger partial charge in [0.25, 0.3) is 17.7 Å². The van der Waals surface area contributed by atoms with Crippen molar-refractivity contribution in [1.29, 1.82) is 0 Å². The van der Waals surface area contributed by atoms with E-state index in [4.69, 9.17) is 5.73 Å². The first kappa shape index (κ1) is 26.6. The van der Waals surface area contributed by atoms with Gasteiger partial charge in [-0.3, -0.25) is 19.2 Å². The Kier molecular flexibility index (Phi) is 8.61. The summed E-state index contributed by atoms with van der Waals surface area (Å²) in [6.45, 7) is 0.948. The second kappa shape index (κ2) is 11.6. The molecule has 12 nitrogen and oxygen atoms in total. The number of amides is 4. The number of nitrogens with zero attached hydrogens (tertiary/aromatic N) is 3. The van der Waals surface area contributed by atoms with Gasteiger partial charge in [-0.05, 0) is 31.2 Å². The third-order valence-electron chi connectivity index (χ3n) is 5.32. The van der Waals surface area contributed by atoms with Crippen LogP contribution < -0.4 is 27.0 Å². The molecule has 0 spiro atoms. The Morgan fingerprint density at radius 2 is 1.17 bits per heavy atom. The zero-order chi connectivity index (χ0) is 26.4. The molecular formula is C23H30N8O4S. The molecule has 3 aromatic heterocycles. The van der Waals surface area contributed by atoms with E-state index >= 15 is 0 Å². The normalized spacial score (nSPS) is 10.7. The predicted octanol–water partition coefficient (Wildman–Crippen LogP) is 1.15. The van der Waals surface area contributed by atoms with Crippen LogP contribution in [-0.4, -0.2) is 56.2 Å². The van der Waals surface area contributed by atoms with Gasteiger partial charge in [0.15, 0.2) is 0 Å². The van der Waals surface area contributed by atoms with Crippen molar-refractivity contribution in [3.63, 3.8) is 0 Å². The van der Waals surface area contributed by atoms with Crippen LogP contribution in [0.1, 0.15) is 37.9 Å². The highest BCUT2D eigenvalue weighted by Crippen LogP contribution is 2.19. The molecule has 0 aliphatic carbocycles. The Labute approximate surface area is 213 Å². The van der Waals surface area contributed by atoms with Crippen LogP contribution in [0.3, 0.4) is 0 Å². The molecule has 3 aromatic rings. The first-order valence-corrected chi connectivity index (χ1v) is 11.8. The van der Waals surface area contributed by atoms with Gasteiger partial charge in [-0.2, -0.15) is 12.6 Å². The molecule has 0 unspecified atom stereocenters. The summed E-state index contributed by atoms with van der Waals surface area (Å²) in [6.07, 6.45) is 5.54. The maximum absolute atomic E-state index is 12.9. The first-order valence-electron chi connectivity index (χ1n) is 11.1. The Balaban J connectivity index is 1.67. The average molecular weight is 515 g/mol. The number of nitrogens with two attached hydrogens (primary N) is 1. The summed E-state index contributed by atoms with van der Waals surface area (Å²) in [4.78, 5) is 49.5. The Morgan fingerprint density at radius 3 is 1.58 bits per heavy atom. The highest BCUT2D eigenvalue weighted by atomic mass is 32.1. The monoisotopic (exact) mass is 514 g/mol. The van der Waals surface area contributed by atoms with E-state index in [9.17, 15) is 19.2 Å². The summed E-state index contributed by atoms with van der Waals surface area (Å²) >= 11 is 3.92. The Morgan fingerprint density at radius 1 is 0.750 bits per heavy atom. The third kappa shape index (κ3) is 6.37. The third-order valence-corrected chi connectivity index (χ3v) is 5.61. The second-order valence-electron chi connectivity index (χ2n) is 8.19. The van der Waals surface area contributed by atoms with Crippen molar-refractivity contribution in [1.82, 2.24) is 19.0 Å². The van der Waals surface area contributed by atoms with Crippen LogP contribution in [0.15, 0.2) is 36.8 Å². The predicted molar refractivity (Wildman–Crippen MR) is 141 cm³/mol. The van der Waals surface area contributed by atoms with Gasteiger partial charge in [0.1, 0.15) is 17.1 Å². The van der Waals surface area contributed by atoms with Crippen LogP contribution in [0.25, 0.3) is 0 Å². The molecule has 0 radical (unpaired) electrons. The fraction of sp³-hybridized carbons (Fsp3) is 0.304. The number of carbonyl (C=O) groups is 4. The van der Waals surface area contributed by atoms with Gasteiger partial charge in [0, 0.05) is 46.3 Å². The SMILES string of the molecule is Cn1cc(NC(=O)c2cc(NC(=O)c3cc(NC(=O)CS)cn3C)cn2C)cc1C(=O)NCCCN. The first-order chi connectivity index (χ1) is 17.1. The molecule has 0 fully saturated rings. The maximum Gasteiger partial charge on any atom is 0.272 e. The standard InChI is InChI=1S/C23H30N8O4S/c1-29-11-15(8-17(29)21(33)25-6-4-5-24)27-23(35)19-9-16(12-31(19)3)28-22(34)18-7-14(10-30(18)2)26-20(32)13-36/h7-12,36H,4-6,13,24H2,1-3H3,(H,25,33)(H,26,32)(H,27,35)(H,28,34). The van der Waals surface area contributed by atoms with Crippen LogP contribution in [0, 0.1) is 0 Å². The van der Waals surface area contributed by atoms with Crippen molar-refractivity contribution in [3.8, 4) is 0 Å². The molecule has 36 heavy (non-hydrogen) atoms. The van der Waals surface area contributed by atoms with E-state index in [0.29, 0.717) is 53.7 Å². The van der Waals surface area contributed by atoms with E-state index in [2.05, 4.69) is 33.9 Å². The molecular weight excluding hydrogens is 484 g/mol. The largest absolute Gasteiger partial charge is 0.351 e. The van der Waals surface area contributed by atoms with Gasteiger partial charge in [0.2, 0.25) is 5.91 Å². The molecule has 0 aromatic carbocycles. The fourth-order valence-corrected chi connectivity index (χ4v) is 3.64. The van der Waals surface area contributed by atoms with E-state index in [1.54, 1.807) is 71.6 Å². The van der Waals surface area contributed by atoms with Crippen molar-refractivity contribution in [2.24, 2.45) is 26.9 Å². The number of rotatable bonds is 10. The summed E-state index contributed by atoms with van der Waals surface area (Å²) in [7, 11) is 5.07. The molecule has 0 aliphatic rings. The lowest BCUT2D eigenvalue weighted by Crippen LogP contribution is -2.27. The van der Waals surface area contributed by atoms with E-state index in [0.717, 1.165) is 0 Å². The second-order valence-corrected chi connectivity index (χ2v) is 8.50. The number of anilines is 3. The van der Waals surface area contributed by atoms with Crippen molar-refractivity contribution in [3.05, 3.63) is 53.9 Å². The summed E-state index contributed by atoms with van der Waals surface area (Å²) in [5.74, 6) is -1.34. The summed E-state index contributed by atoms with van der Waals surface area (Å²) in [6, 6.07) is 4.68. The van der Waals surface area contributed by atoms with Gasteiger partial charge >= 0.3 is 0 Å². The maximum atomic E-state index is 12.9. The smallest absolute Gasteiger partial charge is 0.272 e. The zero-order valence-corrected chi connectivity index (χ0v) is 21.2. The van der Waals surface area contributed by atoms with Crippen LogP contribution in [0.4, 0.5) is 17.1 Å². The van der Waals surface area contributed by atoms with Crippen LogP contribution in [-0.2, 0) is 25.9 Å². The van der Waals surface area contributed by atoms with Crippen molar-refractivity contribution >= 4 is 53.3 Å². The lowest BCUT2D eigenvalue weighted by atomic mass is 10.3. The molecule has 0 atom stereocenters. The van der Waals surface area contributed by atoms with Crippen LogP contribution in [0.2, 0.25) is 0 Å². The molecule has 3 rings (SSSR count). The van der Waals surface area contributed by atoms with E-state index in [-0.39, 0.29) is 17.6 Å². The van der Waals surface area contributed by atoms with E-state index in [1.807, 2.05) is 0 Å². The topological polar surface area (TPSA) is 157 Å². The molecule has 192 valence electrons. The number of hydrogen-bond donors (Lipinski definition) is 6. The van der Waals surface area contributed by atoms with Crippen LogP contribution >= 0.6 is 12.6 Å². The minimum atomic E-state index is -0.408. The number of carbonyl (C=O) groups excluding carboxylic acids is 4. The highest BCUT2D eigenvalue weighted by Gasteiger charge is 2.18. The Hall–Kier alpha value is -3.97. The van der Waals surface area contributed by atoms with Gasteiger partial charge in [-0.15, -0.1) is 0 Å². The van der Waals surface area contributed by atoms with Crippen molar-refractivity contribution < 1.29 is 19.2 Å². The molecule has 3 heterocycles. The molecule has 4 amide bonds. The fourth-order valence-electron chi connectivity index (χ4n) is 3.56. The molecule has 0 bridgehead atoms. The minimum Gasteiger partial charge on any atom is -0.351 e. The summed E-state index contributed by atoms with van der Waals surface area (Å²) < 4.78 is 4.79. The highest BCUT2D eigenvalue weighted by molar-refractivity contribution is 7.81. The number of aryl methyl sites for hydroxylation is 3. The number of aromatic nitrogens is 3. The quantitative estimate of drug-likeness (QED) is 0.177. The number of nitrogens with one attached hydrogen (secondary N) is 4. The molecule has 0 saturated carbocycles. The van der Waals surface area contributed by atoms with Crippen molar-refractivity contribution in [2.45, 2.75) is 6.42 Å². The van der Waals surface area contributed by atoms with Gasteiger partial charge < -0.3 is 40.7 Å². The molecule has 13 heteroatoms. The van der Waals surface area contributed by atoms with Gasteiger partial charge in [-0.1, -0.05) is 0 Å². The van der Waals surface area contributed by atoms with Crippen LogP contribution in [0.5, 0.6) is 0 Å². The number of thiol groups is 1. The minimum absolute atomic E-state index is 0.0254. The van der Waals surface area contributed by atoms with Gasteiger partial charge in [0.05, 0.1) is 22.8 Å². The van der Waals surface area contributed by atoms with Crippen molar-refractivity contribution in [2.75, 3.05) is 34.8 Å². The molecule has 0 saturated heterocycles. The Bertz CT molecular complexity index is 1290. The number of hydrogen-bond acceptors (Lipinski definition) is 6. The molecule has 6 N–H and O–H groups in total. The van der Waals surface area contributed by atoms with E-state index in [1.165, 1.54) is 0 Å². The molecule has 0 aliphatic heterocycles. The average Bonchev–Trinajstić information content (AvgIpc) is 3.49. The lowest BCUT2D eigenvalue weighted by Gasteiger charge is -2.04. The summed E-state index contributed by atoms with van der Waals surface area (Å²) in [5, 5.41) is 11.0. The zero-order valence-electron chi connectivity index (χ0n) is 20.3.